The first kappa shape index (κ1) is 15.7. The molecule has 0 unspecified atom stereocenters. The van der Waals surface area contributed by atoms with Crippen molar-refractivity contribution in [2.45, 2.75) is 39.5 Å². The Hall–Kier alpha value is -1.67. The van der Waals surface area contributed by atoms with Crippen LogP contribution in [0.2, 0.25) is 0 Å². The largest absolute Gasteiger partial charge is 0.381 e. The standard InChI is InChI=1S/C16H24N4O/c1-4-13-14(10-17)16(19-18-15(13)5-2)20(3)11-12-6-8-21-9-7-12/h12H,4-9,11H2,1-3H3. The van der Waals surface area contributed by atoms with Crippen LogP contribution in [0.3, 0.4) is 0 Å². The Balaban J connectivity index is 2.23. The topological polar surface area (TPSA) is 62.0 Å². The Morgan fingerprint density at radius 1 is 1.24 bits per heavy atom. The lowest BCUT2D eigenvalue weighted by Crippen LogP contribution is -2.31. The summed E-state index contributed by atoms with van der Waals surface area (Å²) in [6, 6.07) is 2.34. The van der Waals surface area contributed by atoms with Gasteiger partial charge in [-0.2, -0.15) is 10.4 Å². The average molecular weight is 288 g/mol. The Kier molecular flexibility index (Phi) is 5.51. The quantitative estimate of drug-likeness (QED) is 0.832. The van der Waals surface area contributed by atoms with E-state index in [0.29, 0.717) is 11.5 Å². The fourth-order valence-electron chi connectivity index (χ4n) is 2.95. The Morgan fingerprint density at radius 2 is 1.95 bits per heavy atom. The molecule has 5 nitrogen and oxygen atoms in total. The number of rotatable bonds is 5. The van der Waals surface area contributed by atoms with Crippen molar-refractivity contribution in [2.24, 2.45) is 5.92 Å². The highest BCUT2D eigenvalue weighted by Gasteiger charge is 2.21. The van der Waals surface area contributed by atoms with Crippen LogP contribution < -0.4 is 4.90 Å². The van der Waals surface area contributed by atoms with E-state index >= 15 is 0 Å². The van der Waals surface area contributed by atoms with Gasteiger partial charge in [-0.3, -0.25) is 0 Å². The van der Waals surface area contributed by atoms with Crippen LogP contribution in [0.4, 0.5) is 5.82 Å². The van der Waals surface area contributed by atoms with Crippen LogP contribution >= 0.6 is 0 Å². The van der Waals surface area contributed by atoms with Crippen molar-refractivity contribution in [1.29, 1.82) is 5.26 Å². The zero-order valence-electron chi connectivity index (χ0n) is 13.2. The molecule has 1 aliphatic rings. The number of hydrogen-bond donors (Lipinski definition) is 0. The van der Waals surface area contributed by atoms with Crippen molar-refractivity contribution in [3.63, 3.8) is 0 Å². The van der Waals surface area contributed by atoms with Crippen LogP contribution in [0.25, 0.3) is 0 Å². The summed E-state index contributed by atoms with van der Waals surface area (Å²) in [5.74, 6) is 1.33. The molecule has 2 rings (SSSR count). The average Bonchev–Trinajstić information content (AvgIpc) is 2.53. The van der Waals surface area contributed by atoms with Gasteiger partial charge in [-0.25, -0.2) is 0 Å². The third-order valence-electron chi connectivity index (χ3n) is 4.17. The highest BCUT2D eigenvalue weighted by atomic mass is 16.5. The van der Waals surface area contributed by atoms with Gasteiger partial charge in [0.05, 0.1) is 5.69 Å². The van der Waals surface area contributed by atoms with Crippen molar-refractivity contribution in [3.05, 3.63) is 16.8 Å². The molecule has 2 heterocycles. The summed E-state index contributed by atoms with van der Waals surface area (Å²) >= 11 is 0. The minimum absolute atomic E-state index is 0.605. The van der Waals surface area contributed by atoms with Crippen LogP contribution in [0.15, 0.2) is 0 Å². The molecular formula is C16H24N4O. The van der Waals surface area contributed by atoms with Gasteiger partial charge in [0, 0.05) is 26.8 Å². The third-order valence-corrected chi connectivity index (χ3v) is 4.17. The van der Waals surface area contributed by atoms with Crippen LogP contribution in [0.5, 0.6) is 0 Å². The van der Waals surface area contributed by atoms with E-state index in [0.717, 1.165) is 62.5 Å². The number of anilines is 1. The van der Waals surface area contributed by atoms with E-state index in [2.05, 4.69) is 35.0 Å². The summed E-state index contributed by atoms with van der Waals surface area (Å²) in [7, 11) is 2.01. The van der Waals surface area contributed by atoms with Crippen molar-refractivity contribution in [2.75, 3.05) is 31.7 Å². The maximum absolute atomic E-state index is 9.54. The molecule has 0 atom stereocenters. The number of ether oxygens (including phenoxy) is 1. The summed E-state index contributed by atoms with van der Waals surface area (Å²) < 4.78 is 5.40. The van der Waals surface area contributed by atoms with Crippen molar-refractivity contribution >= 4 is 5.82 Å². The summed E-state index contributed by atoms with van der Waals surface area (Å²) in [5.41, 5.74) is 2.68. The molecule has 0 N–H and O–H groups in total. The minimum Gasteiger partial charge on any atom is -0.381 e. The van der Waals surface area contributed by atoms with Gasteiger partial charge < -0.3 is 9.64 Å². The molecule has 114 valence electrons. The van der Waals surface area contributed by atoms with Gasteiger partial charge in [0.15, 0.2) is 5.82 Å². The Morgan fingerprint density at radius 3 is 2.52 bits per heavy atom. The third kappa shape index (κ3) is 3.51. The van der Waals surface area contributed by atoms with Gasteiger partial charge in [-0.1, -0.05) is 13.8 Å². The summed E-state index contributed by atoms with van der Waals surface area (Å²) in [4.78, 5) is 2.08. The zero-order valence-corrected chi connectivity index (χ0v) is 13.2. The van der Waals surface area contributed by atoms with E-state index < -0.39 is 0 Å². The first-order valence-electron chi connectivity index (χ1n) is 7.78. The summed E-state index contributed by atoms with van der Waals surface area (Å²) in [5, 5.41) is 18.2. The number of nitrogens with zero attached hydrogens (tertiary/aromatic N) is 4. The fourth-order valence-corrected chi connectivity index (χ4v) is 2.95. The molecule has 1 aromatic rings. The molecule has 1 fully saturated rings. The lowest BCUT2D eigenvalue weighted by molar-refractivity contribution is 0.0685. The van der Waals surface area contributed by atoms with E-state index in [9.17, 15) is 5.26 Å². The molecule has 0 spiro atoms. The second-order valence-electron chi connectivity index (χ2n) is 5.58. The molecule has 1 saturated heterocycles. The molecule has 1 aliphatic heterocycles. The predicted octanol–water partition coefficient (Wildman–Crippen LogP) is 2.34. The summed E-state index contributed by atoms with van der Waals surface area (Å²) in [6.07, 6.45) is 3.79. The summed E-state index contributed by atoms with van der Waals surface area (Å²) in [6.45, 7) is 6.70. The highest BCUT2D eigenvalue weighted by molar-refractivity contribution is 5.57. The molecule has 21 heavy (non-hydrogen) atoms. The molecule has 0 bridgehead atoms. The first-order chi connectivity index (χ1) is 10.2. The number of aryl methyl sites for hydroxylation is 1. The SMILES string of the molecule is CCc1nnc(N(C)CC2CCOCC2)c(C#N)c1CC. The van der Waals surface area contributed by atoms with Crippen LogP contribution in [0.1, 0.15) is 43.5 Å². The van der Waals surface area contributed by atoms with Gasteiger partial charge in [0.2, 0.25) is 0 Å². The first-order valence-corrected chi connectivity index (χ1v) is 7.78. The second-order valence-corrected chi connectivity index (χ2v) is 5.58. The fraction of sp³-hybridized carbons (Fsp3) is 0.688. The maximum atomic E-state index is 9.54. The van der Waals surface area contributed by atoms with Gasteiger partial charge in [-0.05, 0) is 37.2 Å². The van der Waals surface area contributed by atoms with Crippen molar-refractivity contribution in [1.82, 2.24) is 10.2 Å². The van der Waals surface area contributed by atoms with Crippen molar-refractivity contribution in [3.8, 4) is 6.07 Å². The van der Waals surface area contributed by atoms with Gasteiger partial charge >= 0.3 is 0 Å². The van der Waals surface area contributed by atoms with E-state index in [4.69, 9.17) is 4.74 Å². The molecule has 0 aromatic carbocycles. The van der Waals surface area contributed by atoms with E-state index in [1.165, 1.54) is 0 Å². The van der Waals surface area contributed by atoms with E-state index in [-0.39, 0.29) is 0 Å². The second kappa shape index (κ2) is 7.37. The monoisotopic (exact) mass is 288 g/mol. The molecule has 5 heteroatoms. The van der Waals surface area contributed by atoms with Crippen molar-refractivity contribution < 1.29 is 4.74 Å². The molecule has 0 saturated carbocycles. The maximum Gasteiger partial charge on any atom is 0.169 e. The number of aromatic nitrogens is 2. The zero-order chi connectivity index (χ0) is 15.2. The van der Waals surface area contributed by atoms with Crippen LogP contribution in [0, 0.1) is 17.2 Å². The minimum atomic E-state index is 0.605. The predicted molar refractivity (Wildman–Crippen MR) is 82.3 cm³/mol. The van der Waals surface area contributed by atoms with E-state index in [1.54, 1.807) is 0 Å². The highest BCUT2D eigenvalue weighted by Crippen LogP contribution is 2.24. The van der Waals surface area contributed by atoms with E-state index in [1.807, 2.05) is 7.05 Å². The van der Waals surface area contributed by atoms with Gasteiger partial charge in [-0.15, -0.1) is 5.10 Å². The molecule has 0 amide bonds. The molecule has 0 radical (unpaired) electrons. The van der Waals surface area contributed by atoms with Crippen LogP contribution in [-0.2, 0) is 17.6 Å². The number of hydrogen-bond acceptors (Lipinski definition) is 5. The Labute approximate surface area is 126 Å². The van der Waals surface area contributed by atoms with Gasteiger partial charge in [0.1, 0.15) is 11.6 Å². The molecule has 0 aliphatic carbocycles. The lowest BCUT2D eigenvalue weighted by atomic mass is 9.99. The molecular weight excluding hydrogens is 264 g/mol. The lowest BCUT2D eigenvalue weighted by Gasteiger charge is -2.28. The smallest absolute Gasteiger partial charge is 0.169 e. The molecule has 1 aromatic heterocycles. The van der Waals surface area contributed by atoms with Crippen LogP contribution in [-0.4, -0.2) is 37.0 Å². The van der Waals surface area contributed by atoms with Gasteiger partial charge in [0.25, 0.3) is 0 Å². The number of nitriles is 1. The normalized spacial score (nSPS) is 15.7. The Bertz CT molecular complexity index is 518.